The van der Waals surface area contributed by atoms with Crippen molar-refractivity contribution in [2.75, 3.05) is 18.4 Å². The molecule has 1 heterocycles. The smallest absolute Gasteiger partial charge is 0.254 e. The van der Waals surface area contributed by atoms with Gasteiger partial charge in [0.2, 0.25) is 0 Å². The average Bonchev–Trinajstić information content (AvgIpc) is 3.19. The van der Waals surface area contributed by atoms with E-state index in [1.165, 1.54) is 12.3 Å². The number of hydrogen-bond donors (Lipinski definition) is 2. The van der Waals surface area contributed by atoms with Crippen LogP contribution in [0.4, 0.5) is 10.2 Å². The number of halogens is 1. The van der Waals surface area contributed by atoms with Gasteiger partial charge in [-0.25, -0.2) is 9.37 Å². The van der Waals surface area contributed by atoms with Crippen molar-refractivity contribution in [2.24, 2.45) is 5.41 Å². The minimum Gasteiger partial charge on any atom is -0.368 e. The van der Waals surface area contributed by atoms with Gasteiger partial charge in [-0.15, -0.1) is 0 Å². The van der Waals surface area contributed by atoms with Crippen molar-refractivity contribution < 1.29 is 9.18 Å². The molecule has 110 valence electrons. The average molecular weight is 279 g/mol. The number of carbonyl (C=O) groups excluding carboxylic acids is 1. The Bertz CT molecular complexity index is 486. The molecule has 2 rings (SSSR count). The van der Waals surface area contributed by atoms with E-state index in [0.29, 0.717) is 13.1 Å². The molecular weight excluding hydrogens is 257 g/mol. The molecule has 1 aromatic heterocycles. The predicted molar refractivity (Wildman–Crippen MR) is 77.3 cm³/mol. The summed E-state index contributed by atoms with van der Waals surface area (Å²) in [5.74, 6) is -0.798. The second-order valence-electron chi connectivity index (χ2n) is 5.48. The summed E-state index contributed by atoms with van der Waals surface area (Å²) in [6.07, 6.45) is 6.00. The van der Waals surface area contributed by atoms with Crippen LogP contribution in [0.5, 0.6) is 0 Å². The van der Waals surface area contributed by atoms with Crippen LogP contribution in [0.2, 0.25) is 0 Å². The number of rotatable bonds is 7. The lowest BCUT2D eigenvalue weighted by Crippen LogP contribution is -2.31. The van der Waals surface area contributed by atoms with Crippen LogP contribution in [0, 0.1) is 11.2 Å². The van der Waals surface area contributed by atoms with Gasteiger partial charge in [0.15, 0.2) is 11.6 Å². The first kappa shape index (κ1) is 14.8. The number of nitrogens with one attached hydrogen (secondary N) is 2. The molecule has 1 aliphatic rings. The van der Waals surface area contributed by atoms with E-state index >= 15 is 0 Å². The number of pyridine rings is 1. The van der Waals surface area contributed by atoms with Crippen molar-refractivity contribution in [1.29, 1.82) is 0 Å². The SMILES string of the molecule is CCCC1(CNC(=O)c2ccnc(NCC)c2F)CC1. The van der Waals surface area contributed by atoms with Crippen molar-refractivity contribution in [3.8, 4) is 0 Å². The fourth-order valence-corrected chi connectivity index (χ4v) is 2.50. The molecule has 0 aromatic carbocycles. The lowest BCUT2D eigenvalue weighted by molar-refractivity contribution is 0.0939. The molecule has 20 heavy (non-hydrogen) atoms. The first-order valence-electron chi connectivity index (χ1n) is 7.28. The van der Waals surface area contributed by atoms with Gasteiger partial charge in [-0.05, 0) is 37.7 Å². The summed E-state index contributed by atoms with van der Waals surface area (Å²) >= 11 is 0. The summed E-state index contributed by atoms with van der Waals surface area (Å²) in [6, 6.07) is 1.42. The Morgan fingerprint density at radius 2 is 2.20 bits per heavy atom. The van der Waals surface area contributed by atoms with E-state index in [1.54, 1.807) is 0 Å². The summed E-state index contributed by atoms with van der Waals surface area (Å²) < 4.78 is 14.1. The molecule has 0 saturated heterocycles. The van der Waals surface area contributed by atoms with E-state index in [4.69, 9.17) is 0 Å². The molecule has 0 atom stereocenters. The fraction of sp³-hybridized carbons (Fsp3) is 0.600. The van der Waals surface area contributed by atoms with Gasteiger partial charge < -0.3 is 10.6 Å². The summed E-state index contributed by atoms with van der Waals surface area (Å²) in [7, 11) is 0. The predicted octanol–water partition coefficient (Wildman–Crippen LogP) is 2.96. The maximum Gasteiger partial charge on any atom is 0.254 e. The Morgan fingerprint density at radius 1 is 1.45 bits per heavy atom. The highest BCUT2D eigenvalue weighted by molar-refractivity contribution is 5.95. The fourth-order valence-electron chi connectivity index (χ4n) is 2.50. The number of aromatic nitrogens is 1. The van der Waals surface area contributed by atoms with Crippen LogP contribution in [-0.4, -0.2) is 24.0 Å². The zero-order valence-electron chi connectivity index (χ0n) is 12.1. The number of anilines is 1. The van der Waals surface area contributed by atoms with Crippen LogP contribution in [0.1, 0.15) is 49.9 Å². The zero-order chi connectivity index (χ0) is 14.6. The molecule has 0 spiro atoms. The highest BCUT2D eigenvalue weighted by atomic mass is 19.1. The van der Waals surface area contributed by atoms with Gasteiger partial charge in [-0.1, -0.05) is 13.3 Å². The van der Waals surface area contributed by atoms with Gasteiger partial charge in [0.25, 0.3) is 5.91 Å². The monoisotopic (exact) mass is 279 g/mol. The number of carbonyl (C=O) groups is 1. The maximum absolute atomic E-state index is 14.1. The number of amides is 1. The van der Waals surface area contributed by atoms with E-state index in [9.17, 15) is 9.18 Å². The largest absolute Gasteiger partial charge is 0.368 e. The lowest BCUT2D eigenvalue weighted by atomic mass is 10.0. The molecule has 4 nitrogen and oxygen atoms in total. The second kappa shape index (κ2) is 6.20. The van der Waals surface area contributed by atoms with Gasteiger partial charge in [0, 0.05) is 19.3 Å². The second-order valence-corrected chi connectivity index (χ2v) is 5.48. The van der Waals surface area contributed by atoms with Crippen molar-refractivity contribution in [3.05, 3.63) is 23.6 Å². The van der Waals surface area contributed by atoms with Crippen molar-refractivity contribution in [2.45, 2.75) is 39.5 Å². The third-order valence-corrected chi connectivity index (χ3v) is 3.84. The van der Waals surface area contributed by atoms with Gasteiger partial charge in [0.1, 0.15) is 0 Å². The van der Waals surface area contributed by atoms with Gasteiger partial charge in [0.05, 0.1) is 5.56 Å². The summed E-state index contributed by atoms with van der Waals surface area (Å²) in [5, 5.41) is 5.67. The Balaban J connectivity index is 2.00. The maximum atomic E-state index is 14.1. The molecule has 1 aliphatic carbocycles. The van der Waals surface area contributed by atoms with E-state index in [-0.39, 0.29) is 22.7 Å². The van der Waals surface area contributed by atoms with Crippen molar-refractivity contribution in [1.82, 2.24) is 10.3 Å². The normalized spacial score (nSPS) is 15.8. The summed E-state index contributed by atoms with van der Waals surface area (Å²) in [6.45, 7) is 5.20. The molecule has 2 N–H and O–H groups in total. The Kier molecular flexibility index (Phi) is 4.57. The third kappa shape index (κ3) is 3.26. The van der Waals surface area contributed by atoms with Gasteiger partial charge in [-0.2, -0.15) is 0 Å². The molecule has 0 radical (unpaired) electrons. The highest BCUT2D eigenvalue weighted by Gasteiger charge is 2.41. The number of hydrogen-bond acceptors (Lipinski definition) is 3. The van der Waals surface area contributed by atoms with Crippen LogP contribution >= 0.6 is 0 Å². The molecular formula is C15H22FN3O. The topological polar surface area (TPSA) is 54.0 Å². The highest BCUT2D eigenvalue weighted by Crippen LogP contribution is 2.48. The van der Waals surface area contributed by atoms with Crippen molar-refractivity contribution in [3.63, 3.8) is 0 Å². The van der Waals surface area contributed by atoms with Crippen LogP contribution in [0.25, 0.3) is 0 Å². The molecule has 0 bridgehead atoms. The molecule has 0 aliphatic heterocycles. The third-order valence-electron chi connectivity index (χ3n) is 3.84. The quantitative estimate of drug-likeness (QED) is 0.807. The molecule has 0 unspecified atom stereocenters. The van der Waals surface area contributed by atoms with Crippen molar-refractivity contribution >= 4 is 11.7 Å². The molecule has 1 saturated carbocycles. The first-order valence-corrected chi connectivity index (χ1v) is 7.28. The van der Waals surface area contributed by atoms with E-state index in [1.807, 2.05) is 6.92 Å². The lowest BCUT2D eigenvalue weighted by Gasteiger charge is -2.15. The van der Waals surface area contributed by atoms with E-state index in [0.717, 1.165) is 25.7 Å². The Labute approximate surface area is 119 Å². The number of nitrogens with zero attached hydrogens (tertiary/aromatic N) is 1. The molecule has 1 fully saturated rings. The minimum absolute atomic E-state index is 0.0586. The summed E-state index contributed by atoms with van der Waals surface area (Å²) in [4.78, 5) is 16.0. The van der Waals surface area contributed by atoms with Crippen LogP contribution in [-0.2, 0) is 0 Å². The molecule has 1 amide bonds. The van der Waals surface area contributed by atoms with Crippen LogP contribution in [0.15, 0.2) is 12.3 Å². The zero-order valence-corrected chi connectivity index (χ0v) is 12.1. The Morgan fingerprint density at radius 3 is 2.80 bits per heavy atom. The molecule has 5 heteroatoms. The van der Waals surface area contributed by atoms with Crippen LogP contribution < -0.4 is 10.6 Å². The molecule has 1 aromatic rings. The first-order chi connectivity index (χ1) is 9.62. The standard InChI is InChI=1S/C15H22FN3O/c1-3-6-15(7-8-15)10-19-14(20)11-5-9-18-13(12(11)16)17-4-2/h5,9H,3-4,6-8,10H2,1-2H3,(H,17,18)(H,19,20). The van der Waals surface area contributed by atoms with E-state index in [2.05, 4.69) is 22.5 Å². The van der Waals surface area contributed by atoms with E-state index < -0.39 is 5.82 Å². The summed E-state index contributed by atoms with van der Waals surface area (Å²) in [5.41, 5.74) is 0.321. The van der Waals surface area contributed by atoms with Gasteiger partial charge >= 0.3 is 0 Å². The Hall–Kier alpha value is -1.65. The van der Waals surface area contributed by atoms with Gasteiger partial charge in [-0.3, -0.25) is 4.79 Å². The minimum atomic E-state index is -0.577. The van der Waals surface area contributed by atoms with Crippen LogP contribution in [0.3, 0.4) is 0 Å².